The van der Waals surface area contributed by atoms with Crippen molar-refractivity contribution in [2.45, 2.75) is 17.9 Å². The van der Waals surface area contributed by atoms with E-state index in [-0.39, 0.29) is 17.3 Å². The minimum Gasteiger partial charge on any atom is -0.478 e. The molecule has 0 fully saturated rings. The van der Waals surface area contributed by atoms with Gasteiger partial charge in [0.15, 0.2) is 11.9 Å². The largest absolute Gasteiger partial charge is 0.478 e. The van der Waals surface area contributed by atoms with Gasteiger partial charge in [0.25, 0.3) is 10.0 Å². The van der Waals surface area contributed by atoms with Crippen LogP contribution in [0.2, 0.25) is 0 Å². The molecule has 2 aromatic rings. The Balaban J connectivity index is 2.09. The first-order valence-corrected chi connectivity index (χ1v) is 8.70. The Kier molecular flexibility index (Phi) is 4.06. The molecule has 3 rings (SSSR count). The van der Waals surface area contributed by atoms with Gasteiger partial charge < -0.3 is 15.7 Å². The van der Waals surface area contributed by atoms with E-state index in [4.69, 9.17) is 15.7 Å². The summed E-state index contributed by atoms with van der Waals surface area (Å²) in [6.45, 7) is 1.80. The van der Waals surface area contributed by atoms with Crippen molar-refractivity contribution in [1.29, 1.82) is 0 Å². The third-order valence-corrected chi connectivity index (χ3v) is 5.58. The third kappa shape index (κ3) is 2.76. The lowest BCUT2D eigenvalue weighted by Gasteiger charge is -2.34. The summed E-state index contributed by atoms with van der Waals surface area (Å²) >= 11 is 0. The van der Waals surface area contributed by atoms with Crippen LogP contribution in [0.5, 0.6) is 5.75 Å². The fraction of sp³-hybridized carbons (Fsp3) is 0.188. The Morgan fingerprint density at radius 3 is 2.58 bits per heavy atom. The third-order valence-electron chi connectivity index (χ3n) is 3.79. The molecule has 0 amide bonds. The van der Waals surface area contributed by atoms with Crippen LogP contribution in [0.25, 0.3) is 0 Å². The molecule has 0 aliphatic carbocycles. The molecule has 3 N–H and O–H groups in total. The first-order chi connectivity index (χ1) is 11.4. The van der Waals surface area contributed by atoms with Crippen molar-refractivity contribution in [2.75, 3.05) is 10.8 Å². The minimum atomic E-state index is -3.81. The van der Waals surface area contributed by atoms with Gasteiger partial charge in [-0.2, -0.15) is 0 Å². The number of fused-ring (bicyclic) bond motifs is 1. The molecule has 1 aliphatic rings. The lowest BCUT2D eigenvalue weighted by molar-refractivity contribution is 0.247. The van der Waals surface area contributed by atoms with E-state index in [9.17, 15) is 8.42 Å². The SMILES string of the molecule is Cc1ccc(S(=O)(=O)N2CC(/C(N)=N/O)Oc3ccccc32)cc1. The van der Waals surface area contributed by atoms with Gasteiger partial charge in [0.05, 0.1) is 17.1 Å². The summed E-state index contributed by atoms with van der Waals surface area (Å²) in [6, 6.07) is 13.3. The molecule has 0 aromatic heterocycles. The summed E-state index contributed by atoms with van der Waals surface area (Å²) in [5.41, 5.74) is 7.00. The monoisotopic (exact) mass is 347 g/mol. The Bertz CT molecular complexity index is 878. The van der Waals surface area contributed by atoms with Gasteiger partial charge in [0.2, 0.25) is 0 Å². The number of hydrogen-bond donors (Lipinski definition) is 2. The van der Waals surface area contributed by atoms with E-state index in [1.165, 1.54) is 4.31 Å². The number of sulfonamides is 1. The van der Waals surface area contributed by atoms with E-state index < -0.39 is 16.1 Å². The van der Waals surface area contributed by atoms with Crippen molar-refractivity contribution in [2.24, 2.45) is 10.9 Å². The van der Waals surface area contributed by atoms with E-state index in [0.717, 1.165) is 5.56 Å². The van der Waals surface area contributed by atoms with Crippen molar-refractivity contribution >= 4 is 21.5 Å². The number of nitrogens with two attached hydrogens (primary N) is 1. The summed E-state index contributed by atoms with van der Waals surface area (Å²) in [5.74, 6) is 0.171. The number of para-hydroxylation sites is 2. The zero-order valence-electron chi connectivity index (χ0n) is 13.0. The van der Waals surface area contributed by atoms with Crippen LogP contribution in [0.1, 0.15) is 5.56 Å². The standard InChI is InChI=1S/C16H17N3O4S/c1-11-6-8-12(9-7-11)24(21,22)19-10-15(16(17)18-20)23-14-5-3-2-4-13(14)19/h2-9,15,20H,10H2,1H3,(H2,17,18). The molecule has 2 aromatic carbocycles. The van der Waals surface area contributed by atoms with Crippen molar-refractivity contribution in [1.82, 2.24) is 0 Å². The summed E-state index contributed by atoms with van der Waals surface area (Å²) in [7, 11) is -3.81. The summed E-state index contributed by atoms with van der Waals surface area (Å²) in [4.78, 5) is 0.170. The van der Waals surface area contributed by atoms with Crippen molar-refractivity contribution in [3.05, 3.63) is 54.1 Å². The lowest BCUT2D eigenvalue weighted by atomic mass is 10.2. The van der Waals surface area contributed by atoms with Crippen LogP contribution < -0.4 is 14.8 Å². The number of rotatable bonds is 3. The molecule has 0 spiro atoms. The van der Waals surface area contributed by atoms with Gasteiger partial charge in [-0.25, -0.2) is 8.42 Å². The number of nitrogens with zero attached hydrogens (tertiary/aromatic N) is 2. The van der Waals surface area contributed by atoms with E-state index >= 15 is 0 Å². The van der Waals surface area contributed by atoms with Gasteiger partial charge in [-0.05, 0) is 31.2 Å². The maximum Gasteiger partial charge on any atom is 0.264 e. The lowest BCUT2D eigenvalue weighted by Crippen LogP contribution is -2.49. The average molecular weight is 347 g/mol. The second kappa shape index (κ2) is 6.04. The Morgan fingerprint density at radius 2 is 1.92 bits per heavy atom. The number of anilines is 1. The topological polar surface area (TPSA) is 105 Å². The maximum absolute atomic E-state index is 13.0. The first-order valence-electron chi connectivity index (χ1n) is 7.26. The quantitative estimate of drug-likeness (QED) is 0.380. The summed E-state index contributed by atoms with van der Waals surface area (Å²) in [5, 5.41) is 11.8. The van der Waals surface area contributed by atoms with Crippen molar-refractivity contribution in [3.8, 4) is 5.75 Å². The van der Waals surface area contributed by atoms with Crippen LogP contribution in [-0.4, -0.2) is 32.1 Å². The number of aryl methyl sites for hydroxylation is 1. The normalized spacial score (nSPS) is 18.0. The van der Waals surface area contributed by atoms with Gasteiger partial charge in [0.1, 0.15) is 5.75 Å². The number of benzene rings is 2. The van der Waals surface area contributed by atoms with Crippen molar-refractivity contribution in [3.63, 3.8) is 0 Å². The predicted octanol–water partition coefficient (Wildman–Crippen LogP) is 1.70. The van der Waals surface area contributed by atoms with E-state index in [0.29, 0.717) is 11.4 Å². The zero-order valence-corrected chi connectivity index (χ0v) is 13.8. The molecule has 8 heteroatoms. The summed E-state index contributed by atoms with van der Waals surface area (Å²) < 4.78 is 33.0. The van der Waals surface area contributed by atoms with Gasteiger partial charge >= 0.3 is 0 Å². The van der Waals surface area contributed by atoms with Gasteiger partial charge in [-0.3, -0.25) is 4.31 Å². The zero-order chi connectivity index (χ0) is 17.3. The fourth-order valence-corrected chi connectivity index (χ4v) is 3.96. The molecule has 126 valence electrons. The van der Waals surface area contributed by atoms with Crippen LogP contribution in [0.15, 0.2) is 58.6 Å². The van der Waals surface area contributed by atoms with Crippen LogP contribution >= 0.6 is 0 Å². The smallest absolute Gasteiger partial charge is 0.264 e. The van der Waals surface area contributed by atoms with Crippen LogP contribution in [0, 0.1) is 6.92 Å². The highest BCUT2D eigenvalue weighted by Crippen LogP contribution is 2.36. The van der Waals surface area contributed by atoms with Crippen LogP contribution in [0.4, 0.5) is 5.69 Å². The molecule has 1 atom stereocenters. The summed E-state index contributed by atoms with van der Waals surface area (Å²) in [6.07, 6.45) is -0.870. The second-order valence-corrected chi connectivity index (χ2v) is 7.31. The number of ether oxygens (including phenoxy) is 1. The fourth-order valence-electron chi connectivity index (χ4n) is 2.49. The highest BCUT2D eigenvalue weighted by atomic mass is 32.2. The molecule has 0 bridgehead atoms. The van der Waals surface area contributed by atoms with Gasteiger partial charge in [-0.1, -0.05) is 35.0 Å². The van der Waals surface area contributed by atoms with Crippen LogP contribution in [0.3, 0.4) is 0 Å². The number of hydrogen-bond acceptors (Lipinski definition) is 5. The highest BCUT2D eigenvalue weighted by Gasteiger charge is 2.36. The molecular weight excluding hydrogens is 330 g/mol. The molecule has 7 nitrogen and oxygen atoms in total. The molecule has 0 saturated heterocycles. The molecule has 1 heterocycles. The van der Waals surface area contributed by atoms with Crippen LogP contribution in [-0.2, 0) is 10.0 Å². The maximum atomic E-state index is 13.0. The first kappa shape index (κ1) is 16.1. The highest BCUT2D eigenvalue weighted by molar-refractivity contribution is 7.92. The molecule has 1 aliphatic heterocycles. The minimum absolute atomic E-state index is 0.0802. The van der Waals surface area contributed by atoms with E-state index in [2.05, 4.69) is 5.16 Å². The molecule has 0 saturated carbocycles. The molecular formula is C16H17N3O4S. The Hall–Kier alpha value is -2.74. The van der Waals surface area contributed by atoms with Crippen molar-refractivity contribution < 1.29 is 18.4 Å². The molecule has 24 heavy (non-hydrogen) atoms. The Morgan fingerprint density at radius 1 is 1.25 bits per heavy atom. The number of oxime groups is 1. The second-order valence-electron chi connectivity index (χ2n) is 5.45. The van der Waals surface area contributed by atoms with Gasteiger partial charge in [0, 0.05) is 0 Å². The van der Waals surface area contributed by atoms with E-state index in [1.54, 1.807) is 48.5 Å². The number of amidine groups is 1. The average Bonchev–Trinajstić information content (AvgIpc) is 2.60. The van der Waals surface area contributed by atoms with E-state index in [1.807, 2.05) is 6.92 Å². The molecule has 0 radical (unpaired) electrons. The Labute approximate surface area is 140 Å². The van der Waals surface area contributed by atoms with Gasteiger partial charge in [-0.15, -0.1) is 0 Å². The molecule has 1 unspecified atom stereocenters. The predicted molar refractivity (Wildman–Crippen MR) is 90.0 cm³/mol.